The third kappa shape index (κ3) is 2.79. The minimum Gasteiger partial charge on any atom is -0.456 e. The molecule has 0 aliphatic carbocycles. The van der Waals surface area contributed by atoms with Crippen LogP contribution in [0.2, 0.25) is 0 Å². The predicted octanol–water partition coefficient (Wildman–Crippen LogP) is 9.85. The zero-order valence-corrected chi connectivity index (χ0v) is 19.4. The number of furan rings is 1. The van der Waals surface area contributed by atoms with Crippen LogP contribution in [0.1, 0.15) is 0 Å². The fourth-order valence-corrected chi connectivity index (χ4v) is 5.59. The molecule has 36 heavy (non-hydrogen) atoms. The van der Waals surface area contributed by atoms with Crippen molar-refractivity contribution in [2.45, 2.75) is 0 Å². The van der Waals surface area contributed by atoms with Gasteiger partial charge >= 0.3 is 0 Å². The first-order valence-electron chi connectivity index (χ1n) is 12.2. The maximum Gasteiger partial charge on any atom is 0.136 e. The quantitative estimate of drug-likeness (QED) is 0.256. The summed E-state index contributed by atoms with van der Waals surface area (Å²) in [6, 6.07) is 42.4. The fourth-order valence-electron chi connectivity index (χ4n) is 5.59. The summed E-state index contributed by atoms with van der Waals surface area (Å²) in [5.41, 5.74) is 8.80. The van der Waals surface area contributed by atoms with Gasteiger partial charge in [0, 0.05) is 21.7 Å². The van der Waals surface area contributed by atoms with Crippen molar-refractivity contribution in [3.8, 4) is 44.9 Å². The third-order valence-corrected chi connectivity index (χ3v) is 7.29. The van der Waals surface area contributed by atoms with Gasteiger partial charge in [-0.3, -0.25) is 0 Å². The Morgan fingerprint density at radius 2 is 1.11 bits per heavy atom. The van der Waals surface area contributed by atoms with E-state index in [1.165, 1.54) is 22.1 Å². The van der Waals surface area contributed by atoms with E-state index in [9.17, 15) is 0 Å². The molecule has 8 rings (SSSR count). The van der Waals surface area contributed by atoms with Crippen LogP contribution in [0, 0.1) is 0 Å². The molecule has 0 fully saturated rings. The van der Waals surface area contributed by atoms with Crippen molar-refractivity contribution in [3.63, 3.8) is 0 Å². The molecule has 168 valence electrons. The van der Waals surface area contributed by atoms with Gasteiger partial charge in [0.05, 0.1) is 0 Å². The van der Waals surface area contributed by atoms with Gasteiger partial charge in [-0.05, 0) is 69.6 Å². The van der Waals surface area contributed by atoms with Gasteiger partial charge in [-0.15, -0.1) is 0 Å². The molecule has 7 aromatic rings. The molecule has 2 heterocycles. The maximum atomic E-state index is 6.39. The molecule has 0 saturated carbocycles. The Bertz CT molecular complexity index is 1960. The molecule has 0 unspecified atom stereocenters. The van der Waals surface area contributed by atoms with Crippen molar-refractivity contribution < 1.29 is 9.15 Å². The molecule has 0 atom stereocenters. The summed E-state index contributed by atoms with van der Waals surface area (Å²) in [4.78, 5) is 0. The number of hydrogen-bond donors (Lipinski definition) is 0. The van der Waals surface area contributed by atoms with Gasteiger partial charge < -0.3 is 9.15 Å². The second kappa shape index (κ2) is 7.34. The monoisotopic (exact) mass is 460 g/mol. The first-order chi connectivity index (χ1) is 17.8. The Kier molecular flexibility index (Phi) is 3.97. The number of hydrogen-bond acceptors (Lipinski definition) is 2. The number of rotatable bonds is 2. The minimum atomic E-state index is 0.898. The minimum absolute atomic E-state index is 0.898. The van der Waals surface area contributed by atoms with Crippen molar-refractivity contribution in [3.05, 3.63) is 121 Å². The second-order valence-corrected chi connectivity index (χ2v) is 9.33. The molecule has 2 heteroatoms. The highest BCUT2D eigenvalue weighted by molar-refractivity contribution is 6.11. The highest BCUT2D eigenvalue weighted by Gasteiger charge is 2.21. The lowest BCUT2D eigenvalue weighted by atomic mass is 9.90. The van der Waals surface area contributed by atoms with Crippen LogP contribution in [0.25, 0.3) is 66.1 Å². The van der Waals surface area contributed by atoms with Crippen LogP contribution in [0.5, 0.6) is 11.5 Å². The van der Waals surface area contributed by atoms with Gasteiger partial charge in [-0.2, -0.15) is 0 Å². The fraction of sp³-hybridized carbons (Fsp3) is 0. The SMILES string of the molecule is c1ccc(-c2ccc3c(c2)oc2cc(-c4ccc5c6c(cccc46)-c4ccccc4O5)ccc23)cc1. The van der Waals surface area contributed by atoms with E-state index in [0.29, 0.717) is 0 Å². The first-order valence-corrected chi connectivity index (χ1v) is 12.2. The summed E-state index contributed by atoms with van der Waals surface area (Å²) in [5, 5.41) is 4.61. The smallest absolute Gasteiger partial charge is 0.136 e. The van der Waals surface area contributed by atoms with Crippen molar-refractivity contribution in [1.82, 2.24) is 0 Å². The van der Waals surface area contributed by atoms with Gasteiger partial charge in [0.15, 0.2) is 0 Å². The van der Waals surface area contributed by atoms with E-state index in [0.717, 1.165) is 55.5 Å². The van der Waals surface area contributed by atoms with Gasteiger partial charge in [-0.1, -0.05) is 84.9 Å². The highest BCUT2D eigenvalue weighted by atomic mass is 16.5. The molecule has 0 bridgehead atoms. The summed E-state index contributed by atoms with van der Waals surface area (Å²) < 4.78 is 12.7. The first kappa shape index (κ1) is 19.5. The van der Waals surface area contributed by atoms with Gasteiger partial charge in [-0.25, -0.2) is 0 Å². The number of ether oxygens (including phenoxy) is 1. The van der Waals surface area contributed by atoms with Gasteiger partial charge in [0.1, 0.15) is 22.7 Å². The summed E-state index contributed by atoms with van der Waals surface area (Å²) >= 11 is 0. The van der Waals surface area contributed by atoms with Crippen molar-refractivity contribution in [2.75, 3.05) is 0 Å². The molecule has 0 N–H and O–H groups in total. The van der Waals surface area contributed by atoms with E-state index in [1.807, 2.05) is 18.2 Å². The largest absolute Gasteiger partial charge is 0.456 e. The van der Waals surface area contributed by atoms with Crippen molar-refractivity contribution in [2.24, 2.45) is 0 Å². The zero-order chi connectivity index (χ0) is 23.6. The third-order valence-electron chi connectivity index (χ3n) is 7.29. The summed E-state index contributed by atoms with van der Waals surface area (Å²) in [5.74, 6) is 1.81. The lowest BCUT2D eigenvalue weighted by Crippen LogP contribution is -1.97. The van der Waals surface area contributed by atoms with E-state index in [1.54, 1.807) is 0 Å². The van der Waals surface area contributed by atoms with E-state index < -0.39 is 0 Å². The van der Waals surface area contributed by atoms with Crippen LogP contribution in [0.3, 0.4) is 0 Å². The van der Waals surface area contributed by atoms with E-state index >= 15 is 0 Å². The number of para-hydroxylation sites is 1. The molecule has 0 saturated heterocycles. The van der Waals surface area contributed by atoms with E-state index in [-0.39, 0.29) is 0 Å². The van der Waals surface area contributed by atoms with Gasteiger partial charge in [0.2, 0.25) is 0 Å². The Morgan fingerprint density at radius 1 is 0.389 bits per heavy atom. The topological polar surface area (TPSA) is 22.4 Å². The van der Waals surface area contributed by atoms with Gasteiger partial charge in [0.25, 0.3) is 0 Å². The summed E-state index contributed by atoms with van der Waals surface area (Å²) in [6.45, 7) is 0. The summed E-state index contributed by atoms with van der Waals surface area (Å²) in [6.07, 6.45) is 0. The lowest BCUT2D eigenvalue weighted by molar-refractivity contribution is 0.487. The molecule has 1 aromatic heterocycles. The van der Waals surface area contributed by atoms with Crippen molar-refractivity contribution >= 4 is 32.7 Å². The molecule has 0 amide bonds. The van der Waals surface area contributed by atoms with Crippen LogP contribution >= 0.6 is 0 Å². The molecule has 1 aliphatic rings. The average Bonchev–Trinajstić information content (AvgIpc) is 3.31. The normalized spacial score (nSPS) is 12.1. The Balaban J connectivity index is 1.30. The molecule has 2 nitrogen and oxygen atoms in total. The number of fused-ring (bicyclic) bond motifs is 5. The average molecular weight is 461 g/mol. The molecular formula is C34H20O2. The zero-order valence-electron chi connectivity index (χ0n) is 19.4. The molecular weight excluding hydrogens is 440 g/mol. The lowest BCUT2D eigenvalue weighted by Gasteiger charge is -2.22. The predicted molar refractivity (Wildman–Crippen MR) is 148 cm³/mol. The van der Waals surface area contributed by atoms with E-state index in [2.05, 4.69) is 103 Å². The van der Waals surface area contributed by atoms with Crippen LogP contribution in [0.15, 0.2) is 126 Å². The molecule has 6 aromatic carbocycles. The Labute approximate surface area is 208 Å². The Morgan fingerprint density at radius 3 is 1.97 bits per heavy atom. The maximum absolute atomic E-state index is 6.39. The second-order valence-electron chi connectivity index (χ2n) is 9.33. The van der Waals surface area contributed by atoms with Crippen LogP contribution in [-0.4, -0.2) is 0 Å². The number of benzene rings is 6. The molecule has 1 aliphatic heterocycles. The van der Waals surface area contributed by atoms with Crippen LogP contribution < -0.4 is 4.74 Å². The molecule has 0 spiro atoms. The highest BCUT2D eigenvalue weighted by Crippen LogP contribution is 2.48. The summed E-state index contributed by atoms with van der Waals surface area (Å²) in [7, 11) is 0. The van der Waals surface area contributed by atoms with Crippen LogP contribution in [0.4, 0.5) is 0 Å². The Hall–Kier alpha value is -4.82. The van der Waals surface area contributed by atoms with Crippen molar-refractivity contribution in [1.29, 1.82) is 0 Å². The standard InChI is InChI=1S/C34H20O2/c1-2-7-21(8-3-1)22-13-15-26-27-16-14-23(20-33(27)36-32(26)19-22)24-17-18-31-34-28(24)10-6-11-29(34)25-9-4-5-12-30(25)35-31/h1-20H. The van der Waals surface area contributed by atoms with Crippen LogP contribution in [-0.2, 0) is 0 Å². The molecule has 0 radical (unpaired) electrons. The van der Waals surface area contributed by atoms with E-state index in [4.69, 9.17) is 9.15 Å².